The van der Waals surface area contributed by atoms with Crippen LogP contribution in [-0.2, 0) is 0 Å². The Hall–Kier alpha value is -1.38. The van der Waals surface area contributed by atoms with Crippen LogP contribution in [0.15, 0.2) is 18.3 Å². The highest BCUT2D eigenvalue weighted by molar-refractivity contribution is 5.98. The van der Waals surface area contributed by atoms with Crippen LogP contribution in [0.2, 0.25) is 0 Å². The van der Waals surface area contributed by atoms with Crippen molar-refractivity contribution in [2.24, 2.45) is 5.92 Å². The van der Waals surface area contributed by atoms with E-state index in [2.05, 4.69) is 16.8 Å². The number of aromatic nitrogens is 1. The van der Waals surface area contributed by atoms with Crippen LogP contribution in [0.5, 0.6) is 0 Å². The zero-order chi connectivity index (χ0) is 13.0. The van der Waals surface area contributed by atoms with Gasteiger partial charge in [-0.05, 0) is 44.2 Å². The van der Waals surface area contributed by atoms with Gasteiger partial charge >= 0.3 is 0 Å². The first-order chi connectivity index (χ1) is 8.72. The lowest BCUT2D eigenvalue weighted by atomic mass is 9.98. The Kier molecular flexibility index (Phi) is 4.34. The molecule has 98 valence electrons. The standard InChI is InChI=1S/C15H22N2O/c1-3-13-6-5-10-17(11-8-13)15-14(12(2)18)7-4-9-16-15/h4,7,9,13H,3,5-6,8,10-11H2,1-2H3. The van der Waals surface area contributed by atoms with Crippen LogP contribution in [0, 0.1) is 5.92 Å². The van der Waals surface area contributed by atoms with Gasteiger partial charge in [0, 0.05) is 19.3 Å². The minimum atomic E-state index is 0.106. The van der Waals surface area contributed by atoms with Gasteiger partial charge in [-0.15, -0.1) is 0 Å². The summed E-state index contributed by atoms with van der Waals surface area (Å²) in [6, 6.07) is 3.72. The van der Waals surface area contributed by atoms with Crippen molar-refractivity contribution in [2.75, 3.05) is 18.0 Å². The van der Waals surface area contributed by atoms with Gasteiger partial charge in [0.25, 0.3) is 0 Å². The molecule has 1 atom stereocenters. The summed E-state index contributed by atoms with van der Waals surface area (Å²) < 4.78 is 0. The Bertz CT molecular complexity index is 417. The quantitative estimate of drug-likeness (QED) is 0.767. The molecule has 0 aromatic carbocycles. The molecule has 18 heavy (non-hydrogen) atoms. The van der Waals surface area contributed by atoms with Crippen molar-refractivity contribution in [3.8, 4) is 0 Å². The first-order valence-corrected chi connectivity index (χ1v) is 6.93. The highest BCUT2D eigenvalue weighted by atomic mass is 16.1. The largest absolute Gasteiger partial charge is 0.356 e. The summed E-state index contributed by atoms with van der Waals surface area (Å²) in [7, 11) is 0. The summed E-state index contributed by atoms with van der Waals surface area (Å²) in [6.07, 6.45) is 6.76. The second-order valence-corrected chi connectivity index (χ2v) is 5.12. The van der Waals surface area contributed by atoms with Crippen molar-refractivity contribution >= 4 is 11.6 Å². The minimum absolute atomic E-state index is 0.106. The fourth-order valence-electron chi connectivity index (χ4n) is 2.71. The molecule has 3 heteroatoms. The average molecular weight is 246 g/mol. The summed E-state index contributed by atoms with van der Waals surface area (Å²) >= 11 is 0. The van der Waals surface area contributed by atoms with Gasteiger partial charge in [0.1, 0.15) is 5.82 Å². The molecule has 0 aliphatic carbocycles. The molecule has 3 nitrogen and oxygen atoms in total. The van der Waals surface area contributed by atoms with Gasteiger partial charge in [-0.25, -0.2) is 4.98 Å². The fourth-order valence-corrected chi connectivity index (χ4v) is 2.71. The van der Waals surface area contributed by atoms with Gasteiger partial charge < -0.3 is 4.90 Å². The molecular formula is C15H22N2O. The van der Waals surface area contributed by atoms with E-state index in [9.17, 15) is 4.79 Å². The van der Waals surface area contributed by atoms with Gasteiger partial charge in [0.15, 0.2) is 5.78 Å². The third kappa shape index (κ3) is 2.89. The second kappa shape index (κ2) is 5.98. The molecule has 0 saturated carbocycles. The molecule has 0 bridgehead atoms. The highest BCUT2D eigenvalue weighted by Gasteiger charge is 2.19. The topological polar surface area (TPSA) is 33.2 Å². The maximum atomic E-state index is 11.6. The van der Waals surface area contributed by atoms with Crippen molar-refractivity contribution in [3.63, 3.8) is 0 Å². The third-order valence-corrected chi connectivity index (χ3v) is 3.89. The highest BCUT2D eigenvalue weighted by Crippen LogP contribution is 2.25. The summed E-state index contributed by atoms with van der Waals surface area (Å²) in [5.41, 5.74) is 0.757. The number of Topliss-reactive ketones (excluding diaryl/α,β-unsaturated/α-hetero) is 1. The lowest BCUT2D eigenvalue weighted by molar-refractivity contribution is 0.101. The SMILES string of the molecule is CCC1CCCN(c2ncccc2C(C)=O)CC1. The molecule has 1 saturated heterocycles. The van der Waals surface area contributed by atoms with E-state index < -0.39 is 0 Å². The molecule has 0 radical (unpaired) electrons. The number of carbonyl (C=O) groups excluding carboxylic acids is 1. The lowest BCUT2D eigenvalue weighted by Gasteiger charge is -2.23. The van der Waals surface area contributed by atoms with Crippen LogP contribution in [0.1, 0.15) is 49.9 Å². The molecule has 1 unspecified atom stereocenters. The van der Waals surface area contributed by atoms with Gasteiger partial charge in [-0.3, -0.25) is 4.79 Å². The number of hydrogen-bond donors (Lipinski definition) is 0. The van der Waals surface area contributed by atoms with E-state index in [1.165, 1.54) is 25.7 Å². The maximum absolute atomic E-state index is 11.6. The van der Waals surface area contributed by atoms with Gasteiger partial charge in [-0.2, -0.15) is 0 Å². The van der Waals surface area contributed by atoms with Gasteiger partial charge in [0.05, 0.1) is 5.56 Å². The van der Waals surface area contributed by atoms with Crippen molar-refractivity contribution in [3.05, 3.63) is 23.9 Å². The van der Waals surface area contributed by atoms with E-state index in [1.54, 1.807) is 13.1 Å². The number of carbonyl (C=O) groups is 1. The van der Waals surface area contributed by atoms with Gasteiger partial charge in [0.2, 0.25) is 0 Å². The predicted molar refractivity (Wildman–Crippen MR) is 74.1 cm³/mol. The summed E-state index contributed by atoms with van der Waals surface area (Å²) in [6.45, 7) is 5.93. The summed E-state index contributed by atoms with van der Waals surface area (Å²) in [5, 5.41) is 0. The van der Waals surface area contributed by atoms with E-state index >= 15 is 0 Å². The van der Waals surface area contributed by atoms with E-state index in [4.69, 9.17) is 0 Å². The van der Waals surface area contributed by atoms with Crippen molar-refractivity contribution < 1.29 is 4.79 Å². The molecule has 1 aliphatic rings. The number of pyridine rings is 1. The smallest absolute Gasteiger partial charge is 0.163 e. The maximum Gasteiger partial charge on any atom is 0.163 e. The van der Waals surface area contributed by atoms with Crippen LogP contribution in [0.4, 0.5) is 5.82 Å². The van der Waals surface area contributed by atoms with Crippen molar-refractivity contribution in [1.29, 1.82) is 0 Å². The number of hydrogen-bond acceptors (Lipinski definition) is 3. The van der Waals surface area contributed by atoms with Gasteiger partial charge in [-0.1, -0.05) is 13.3 Å². The molecule has 0 amide bonds. The van der Waals surface area contributed by atoms with Crippen LogP contribution in [0.25, 0.3) is 0 Å². The molecule has 0 spiro atoms. The average Bonchev–Trinajstić information content (AvgIpc) is 2.63. The Balaban J connectivity index is 2.18. The van der Waals surface area contributed by atoms with Crippen molar-refractivity contribution in [2.45, 2.75) is 39.5 Å². The predicted octanol–water partition coefficient (Wildman–Crippen LogP) is 3.30. The summed E-state index contributed by atoms with van der Waals surface area (Å²) in [4.78, 5) is 18.4. The molecule has 1 aromatic rings. The first-order valence-electron chi connectivity index (χ1n) is 6.93. The molecule has 0 N–H and O–H groups in total. The van der Waals surface area contributed by atoms with Crippen LogP contribution in [0.3, 0.4) is 0 Å². The Morgan fingerprint density at radius 3 is 3.00 bits per heavy atom. The van der Waals surface area contributed by atoms with E-state index in [0.717, 1.165) is 30.4 Å². The Morgan fingerprint density at radius 2 is 2.28 bits per heavy atom. The monoisotopic (exact) mass is 246 g/mol. The van der Waals surface area contributed by atoms with Crippen LogP contribution < -0.4 is 4.90 Å². The second-order valence-electron chi connectivity index (χ2n) is 5.12. The normalized spacial score (nSPS) is 20.6. The minimum Gasteiger partial charge on any atom is -0.356 e. The number of nitrogens with zero attached hydrogens (tertiary/aromatic N) is 2. The number of rotatable bonds is 3. The van der Waals surface area contributed by atoms with E-state index in [0.29, 0.717) is 0 Å². The Labute approximate surface area is 109 Å². The lowest BCUT2D eigenvalue weighted by Crippen LogP contribution is -2.27. The zero-order valence-electron chi connectivity index (χ0n) is 11.4. The first kappa shape index (κ1) is 13.1. The summed E-state index contributed by atoms with van der Waals surface area (Å²) in [5.74, 6) is 1.82. The van der Waals surface area contributed by atoms with E-state index in [-0.39, 0.29) is 5.78 Å². The molecule has 1 aromatic heterocycles. The van der Waals surface area contributed by atoms with Crippen molar-refractivity contribution in [1.82, 2.24) is 4.98 Å². The number of anilines is 1. The number of ketones is 1. The third-order valence-electron chi connectivity index (χ3n) is 3.89. The molecular weight excluding hydrogens is 224 g/mol. The molecule has 1 fully saturated rings. The zero-order valence-corrected chi connectivity index (χ0v) is 11.4. The molecule has 2 rings (SSSR count). The Morgan fingerprint density at radius 1 is 1.44 bits per heavy atom. The fraction of sp³-hybridized carbons (Fsp3) is 0.600. The van der Waals surface area contributed by atoms with Crippen LogP contribution >= 0.6 is 0 Å². The molecule has 1 aliphatic heterocycles. The van der Waals surface area contributed by atoms with Crippen LogP contribution in [-0.4, -0.2) is 23.9 Å². The van der Waals surface area contributed by atoms with E-state index in [1.807, 2.05) is 12.1 Å². The molecule has 2 heterocycles.